The van der Waals surface area contributed by atoms with Gasteiger partial charge in [0.25, 0.3) is 0 Å². The number of carbonyl (C=O) groups excluding carboxylic acids is 2. The van der Waals surface area contributed by atoms with E-state index in [-0.39, 0.29) is 12.5 Å². The van der Waals surface area contributed by atoms with E-state index in [2.05, 4.69) is 21.2 Å². The van der Waals surface area contributed by atoms with Gasteiger partial charge in [0.2, 0.25) is 5.91 Å². The molecule has 1 heterocycles. The van der Waals surface area contributed by atoms with Crippen molar-refractivity contribution in [3.8, 4) is 22.6 Å². The van der Waals surface area contributed by atoms with Crippen LogP contribution in [0.25, 0.3) is 17.2 Å². The Morgan fingerprint density at radius 2 is 1.84 bits per heavy atom. The zero-order valence-corrected chi connectivity index (χ0v) is 20.2. The van der Waals surface area contributed by atoms with Gasteiger partial charge in [0.05, 0.1) is 20.8 Å². The predicted octanol–water partition coefficient (Wildman–Crippen LogP) is 6.02. The number of esters is 1. The number of hydrogen-bond acceptors (Lipinski definition) is 6. The molecule has 1 N–H and O–H groups in total. The number of amides is 1. The Kier molecular flexibility index (Phi) is 8.08. The summed E-state index contributed by atoms with van der Waals surface area (Å²) in [4.78, 5) is 25.3. The Balaban J connectivity index is 1.88. The number of methoxy groups -OCH3 is 2. The van der Waals surface area contributed by atoms with Gasteiger partial charge in [0.1, 0.15) is 22.1 Å². The first-order chi connectivity index (χ1) is 15.5. The highest BCUT2D eigenvalue weighted by atomic mass is 79.9. The molecule has 0 atom stereocenters. The van der Waals surface area contributed by atoms with Crippen molar-refractivity contribution in [1.29, 1.82) is 0 Å². The lowest BCUT2D eigenvalue weighted by Gasteiger charge is -2.09. The fourth-order valence-corrected chi connectivity index (χ4v) is 4.33. The molecule has 166 valence electrons. The van der Waals surface area contributed by atoms with Crippen LogP contribution in [0, 0.1) is 0 Å². The van der Waals surface area contributed by atoms with Gasteiger partial charge >= 0.3 is 5.97 Å². The van der Waals surface area contributed by atoms with Gasteiger partial charge in [0.15, 0.2) is 0 Å². The molecule has 0 spiro atoms. The highest BCUT2D eigenvalue weighted by molar-refractivity contribution is 9.10. The molecule has 3 aromatic rings. The SMILES string of the molecule is CCOC(=O)c1c(-c2ccc(OC)cc2)csc1NC(=O)/C=C/c1cc(Br)ccc1OC. The van der Waals surface area contributed by atoms with Gasteiger partial charge in [-0.15, -0.1) is 11.3 Å². The number of rotatable bonds is 8. The van der Waals surface area contributed by atoms with E-state index in [1.807, 2.05) is 41.8 Å². The van der Waals surface area contributed by atoms with Crippen LogP contribution in [0.5, 0.6) is 11.5 Å². The Bertz CT molecular complexity index is 1140. The second kappa shape index (κ2) is 11.0. The molecule has 1 aromatic heterocycles. The summed E-state index contributed by atoms with van der Waals surface area (Å²) in [6.45, 7) is 1.97. The minimum absolute atomic E-state index is 0.229. The molecule has 0 fully saturated rings. The van der Waals surface area contributed by atoms with Crippen molar-refractivity contribution >= 4 is 50.2 Å². The summed E-state index contributed by atoms with van der Waals surface area (Å²) < 4.78 is 16.6. The second-order valence-corrected chi connectivity index (χ2v) is 8.31. The van der Waals surface area contributed by atoms with Crippen molar-refractivity contribution in [1.82, 2.24) is 0 Å². The van der Waals surface area contributed by atoms with Crippen LogP contribution in [0.3, 0.4) is 0 Å². The molecule has 3 rings (SSSR count). The zero-order chi connectivity index (χ0) is 23.1. The molecule has 0 saturated carbocycles. The summed E-state index contributed by atoms with van der Waals surface area (Å²) in [5.41, 5.74) is 2.57. The number of hydrogen-bond donors (Lipinski definition) is 1. The highest BCUT2D eigenvalue weighted by Gasteiger charge is 2.22. The van der Waals surface area contributed by atoms with E-state index in [9.17, 15) is 9.59 Å². The van der Waals surface area contributed by atoms with Crippen LogP contribution in [0.15, 0.2) is 58.4 Å². The van der Waals surface area contributed by atoms with E-state index < -0.39 is 5.97 Å². The molecule has 8 heteroatoms. The van der Waals surface area contributed by atoms with E-state index in [0.717, 1.165) is 15.6 Å². The van der Waals surface area contributed by atoms with Crippen molar-refractivity contribution in [3.05, 3.63) is 69.5 Å². The quantitative estimate of drug-likeness (QED) is 0.293. The van der Waals surface area contributed by atoms with Crippen molar-refractivity contribution < 1.29 is 23.8 Å². The summed E-state index contributed by atoms with van der Waals surface area (Å²) in [5, 5.41) is 5.05. The van der Waals surface area contributed by atoms with Crippen LogP contribution in [0.4, 0.5) is 5.00 Å². The molecule has 0 bridgehead atoms. The largest absolute Gasteiger partial charge is 0.497 e. The monoisotopic (exact) mass is 515 g/mol. The molecule has 0 aliphatic rings. The fourth-order valence-electron chi connectivity index (χ4n) is 2.99. The van der Waals surface area contributed by atoms with Crippen molar-refractivity contribution in [2.45, 2.75) is 6.92 Å². The third-order valence-electron chi connectivity index (χ3n) is 4.51. The van der Waals surface area contributed by atoms with E-state index in [0.29, 0.717) is 27.6 Å². The summed E-state index contributed by atoms with van der Waals surface area (Å²) in [6, 6.07) is 12.8. The molecule has 0 aliphatic carbocycles. The number of nitrogens with one attached hydrogen (secondary N) is 1. The third-order valence-corrected chi connectivity index (χ3v) is 5.90. The highest BCUT2D eigenvalue weighted by Crippen LogP contribution is 2.37. The van der Waals surface area contributed by atoms with E-state index in [1.54, 1.807) is 33.3 Å². The second-order valence-electron chi connectivity index (χ2n) is 6.51. The molecule has 0 radical (unpaired) electrons. The first-order valence-corrected chi connectivity index (χ1v) is 11.4. The van der Waals surface area contributed by atoms with Gasteiger partial charge in [-0.25, -0.2) is 4.79 Å². The van der Waals surface area contributed by atoms with Gasteiger partial charge in [-0.2, -0.15) is 0 Å². The number of thiophene rings is 1. The van der Waals surface area contributed by atoms with E-state index >= 15 is 0 Å². The van der Waals surface area contributed by atoms with Crippen LogP contribution in [0.1, 0.15) is 22.8 Å². The number of ether oxygens (including phenoxy) is 3. The molecule has 6 nitrogen and oxygen atoms in total. The predicted molar refractivity (Wildman–Crippen MR) is 131 cm³/mol. The first-order valence-electron chi connectivity index (χ1n) is 9.72. The third kappa shape index (κ3) is 5.57. The van der Waals surface area contributed by atoms with Gasteiger partial charge in [-0.1, -0.05) is 28.1 Å². The Hall–Kier alpha value is -3.10. The summed E-state index contributed by atoms with van der Waals surface area (Å²) >= 11 is 4.68. The van der Waals surface area contributed by atoms with Gasteiger partial charge in [-0.05, 0) is 48.9 Å². The zero-order valence-electron chi connectivity index (χ0n) is 17.8. The maximum Gasteiger partial charge on any atom is 0.341 e. The standard InChI is InChI=1S/C24H22BrNO5S/c1-4-31-24(28)22-19(15-5-9-18(29-2)10-6-15)14-32-23(22)26-21(27)12-7-16-13-17(25)8-11-20(16)30-3/h5-14H,4H2,1-3H3,(H,26,27)/b12-7+. The van der Waals surface area contributed by atoms with Crippen molar-refractivity contribution in [2.75, 3.05) is 26.1 Å². The van der Waals surface area contributed by atoms with Gasteiger partial charge in [-0.3, -0.25) is 4.79 Å². The summed E-state index contributed by atoms with van der Waals surface area (Å²) in [5.74, 6) is 0.485. The Morgan fingerprint density at radius 3 is 2.50 bits per heavy atom. The molecule has 2 aromatic carbocycles. The maximum absolute atomic E-state index is 12.7. The van der Waals surface area contributed by atoms with Crippen LogP contribution in [-0.2, 0) is 9.53 Å². The lowest BCUT2D eigenvalue weighted by atomic mass is 10.0. The minimum atomic E-state index is -0.493. The first kappa shape index (κ1) is 23.6. The topological polar surface area (TPSA) is 73.9 Å². The van der Waals surface area contributed by atoms with Crippen LogP contribution >= 0.6 is 27.3 Å². The average molecular weight is 516 g/mol. The fraction of sp³-hybridized carbons (Fsp3) is 0.167. The molecule has 1 amide bonds. The Morgan fingerprint density at radius 1 is 1.09 bits per heavy atom. The van der Waals surface area contributed by atoms with Crippen molar-refractivity contribution in [3.63, 3.8) is 0 Å². The number of anilines is 1. The Labute approximate surface area is 198 Å². The smallest absolute Gasteiger partial charge is 0.341 e. The maximum atomic E-state index is 12.7. The number of carbonyl (C=O) groups is 2. The normalized spacial score (nSPS) is 10.8. The van der Waals surface area contributed by atoms with E-state index in [1.165, 1.54) is 17.4 Å². The number of halogens is 1. The molecule has 0 unspecified atom stereocenters. The van der Waals surface area contributed by atoms with Crippen LogP contribution < -0.4 is 14.8 Å². The molecule has 32 heavy (non-hydrogen) atoms. The van der Waals surface area contributed by atoms with Crippen LogP contribution in [0.2, 0.25) is 0 Å². The lowest BCUT2D eigenvalue weighted by Crippen LogP contribution is -2.12. The molecule has 0 saturated heterocycles. The molecular weight excluding hydrogens is 494 g/mol. The molecule has 0 aliphatic heterocycles. The summed E-state index contributed by atoms with van der Waals surface area (Å²) in [6.07, 6.45) is 3.05. The number of benzene rings is 2. The van der Waals surface area contributed by atoms with E-state index in [4.69, 9.17) is 14.2 Å². The average Bonchev–Trinajstić information content (AvgIpc) is 3.21. The summed E-state index contributed by atoms with van der Waals surface area (Å²) in [7, 11) is 3.16. The van der Waals surface area contributed by atoms with Crippen LogP contribution in [-0.4, -0.2) is 32.7 Å². The minimum Gasteiger partial charge on any atom is -0.497 e. The van der Waals surface area contributed by atoms with Gasteiger partial charge < -0.3 is 19.5 Å². The van der Waals surface area contributed by atoms with Crippen molar-refractivity contribution in [2.24, 2.45) is 0 Å². The molecular formula is C24H22BrNO5S. The van der Waals surface area contributed by atoms with Gasteiger partial charge in [0, 0.05) is 27.1 Å². The lowest BCUT2D eigenvalue weighted by molar-refractivity contribution is -0.111.